The van der Waals surface area contributed by atoms with Crippen LogP contribution in [0.4, 0.5) is 17.6 Å². The Kier molecular flexibility index (Phi) is 4.17. The molecule has 0 aliphatic carbocycles. The van der Waals surface area contributed by atoms with Crippen molar-refractivity contribution in [1.29, 1.82) is 0 Å². The van der Waals surface area contributed by atoms with Crippen LogP contribution in [0.1, 0.15) is 11.3 Å². The fraction of sp³-hybridized carbons (Fsp3) is 0.308. The molecule has 1 heterocycles. The quantitative estimate of drug-likeness (QED) is 0.696. The lowest BCUT2D eigenvalue weighted by molar-refractivity contribution is -0.185. The Bertz CT molecular complexity index is 663. The maximum absolute atomic E-state index is 13.4. The summed E-state index contributed by atoms with van der Waals surface area (Å²) in [6.45, 7) is -1.61. The van der Waals surface area contributed by atoms with E-state index in [1.807, 2.05) is 0 Å². The molecular formula is C13H11F4NO3. The second-order valence-electron chi connectivity index (χ2n) is 4.35. The van der Waals surface area contributed by atoms with Gasteiger partial charge in [-0.3, -0.25) is 4.79 Å². The summed E-state index contributed by atoms with van der Waals surface area (Å²) in [6.07, 6.45) is -5.13. The van der Waals surface area contributed by atoms with Gasteiger partial charge in [0.25, 0.3) is 0 Å². The van der Waals surface area contributed by atoms with Crippen LogP contribution < -0.4 is 5.73 Å². The van der Waals surface area contributed by atoms with Gasteiger partial charge in [-0.05, 0) is 18.2 Å². The van der Waals surface area contributed by atoms with Crippen molar-refractivity contribution in [3.05, 3.63) is 35.3 Å². The van der Waals surface area contributed by atoms with Gasteiger partial charge < -0.3 is 14.9 Å². The average molecular weight is 305 g/mol. The highest BCUT2D eigenvalue weighted by Gasteiger charge is 2.29. The molecule has 2 rings (SSSR count). The smallest absolute Gasteiger partial charge is 0.422 e. The van der Waals surface area contributed by atoms with E-state index in [9.17, 15) is 22.4 Å². The number of fused-ring (bicyclic) bond motifs is 1. The number of hydrogen-bond donors (Lipinski definition) is 1. The van der Waals surface area contributed by atoms with Crippen LogP contribution in [-0.4, -0.2) is 18.8 Å². The van der Waals surface area contributed by atoms with Crippen molar-refractivity contribution in [3.63, 3.8) is 0 Å². The van der Waals surface area contributed by atoms with Crippen LogP contribution in [0.3, 0.4) is 0 Å². The van der Waals surface area contributed by atoms with Crippen LogP contribution in [-0.2, 0) is 22.5 Å². The molecule has 0 spiro atoms. The molecule has 0 aliphatic rings. The fourth-order valence-corrected chi connectivity index (χ4v) is 1.84. The standard InChI is InChI=1S/C13H11F4NO3/c14-9-1-7-3-10(5-18)21-12(7)8(2-9)4-11(19)20-6-13(15,16)17/h1-3H,4-6,18H2. The van der Waals surface area contributed by atoms with Crippen molar-refractivity contribution in [2.75, 3.05) is 6.61 Å². The normalized spacial score (nSPS) is 11.9. The molecule has 1 aromatic carbocycles. The van der Waals surface area contributed by atoms with E-state index in [0.29, 0.717) is 11.1 Å². The van der Waals surface area contributed by atoms with Crippen molar-refractivity contribution in [2.45, 2.75) is 19.1 Å². The maximum Gasteiger partial charge on any atom is 0.422 e. The number of carbonyl (C=O) groups excluding carboxylic acids is 1. The second kappa shape index (κ2) is 5.72. The van der Waals surface area contributed by atoms with Crippen molar-refractivity contribution in [2.24, 2.45) is 5.73 Å². The zero-order valence-electron chi connectivity index (χ0n) is 10.7. The van der Waals surface area contributed by atoms with E-state index in [4.69, 9.17) is 10.2 Å². The predicted octanol–water partition coefficient (Wildman–Crippen LogP) is 2.68. The van der Waals surface area contributed by atoms with E-state index in [0.717, 1.165) is 6.07 Å². The minimum atomic E-state index is -4.61. The minimum Gasteiger partial charge on any atom is -0.459 e. The molecular weight excluding hydrogens is 294 g/mol. The lowest BCUT2D eigenvalue weighted by Gasteiger charge is -2.08. The molecule has 0 unspecified atom stereocenters. The third-order valence-electron chi connectivity index (χ3n) is 2.64. The van der Waals surface area contributed by atoms with Gasteiger partial charge in [0.2, 0.25) is 0 Å². The molecule has 0 fully saturated rings. The number of hydrogen-bond acceptors (Lipinski definition) is 4. The summed E-state index contributed by atoms with van der Waals surface area (Å²) in [5.74, 6) is -1.38. The van der Waals surface area contributed by atoms with Crippen molar-refractivity contribution in [3.8, 4) is 0 Å². The van der Waals surface area contributed by atoms with Crippen LogP contribution >= 0.6 is 0 Å². The molecule has 0 radical (unpaired) electrons. The van der Waals surface area contributed by atoms with Crippen LogP contribution in [0.5, 0.6) is 0 Å². The SMILES string of the molecule is NCc1cc2cc(F)cc(CC(=O)OCC(F)(F)F)c2o1. The topological polar surface area (TPSA) is 65.5 Å². The summed E-state index contributed by atoms with van der Waals surface area (Å²) in [4.78, 5) is 11.4. The Morgan fingerprint density at radius 1 is 1.29 bits per heavy atom. The van der Waals surface area contributed by atoms with Gasteiger partial charge in [-0.2, -0.15) is 13.2 Å². The van der Waals surface area contributed by atoms with Gasteiger partial charge in [0.1, 0.15) is 17.2 Å². The monoisotopic (exact) mass is 305 g/mol. The minimum absolute atomic E-state index is 0.0776. The summed E-state index contributed by atoms with van der Waals surface area (Å²) in [5, 5.41) is 0.383. The number of esters is 1. The summed E-state index contributed by atoms with van der Waals surface area (Å²) in [7, 11) is 0. The fourth-order valence-electron chi connectivity index (χ4n) is 1.84. The molecule has 2 N–H and O–H groups in total. The van der Waals surface area contributed by atoms with Crippen LogP contribution in [0, 0.1) is 5.82 Å². The number of alkyl halides is 3. The molecule has 21 heavy (non-hydrogen) atoms. The van der Waals surface area contributed by atoms with Gasteiger partial charge in [0.15, 0.2) is 6.61 Å². The molecule has 2 aromatic rings. The number of furan rings is 1. The third kappa shape index (κ3) is 3.94. The van der Waals surface area contributed by atoms with E-state index < -0.39 is 31.0 Å². The Morgan fingerprint density at radius 3 is 2.62 bits per heavy atom. The lowest BCUT2D eigenvalue weighted by atomic mass is 10.1. The Hall–Kier alpha value is -2.09. The lowest BCUT2D eigenvalue weighted by Crippen LogP contribution is -2.21. The highest BCUT2D eigenvalue weighted by Crippen LogP contribution is 2.25. The number of nitrogens with two attached hydrogens (primary N) is 1. The van der Waals surface area contributed by atoms with Crippen LogP contribution in [0.25, 0.3) is 11.0 Å². The second-order valence-corrected chi connectivity index (χ2v) is 4.35. The Morgan fingerprint density at radius 2 is 2.00 bits per heavy atom. The number of ether oxygens (including phenoxy) is 1. The van der Waals surface area contributed by atoms with Gasteiger partial charge in [-0.1, -0.05) is 0 Å². The van der Waals surface area contributed by atoms with Crippen LogP contribution in [0.15, 0.2) is 22.6 Å². The first-order chi connectivity index (χ1) is 9.78. The van der Waals surface area contributed by atoms with Crippen LogP contribution in [0.2, 0.25) is 0 Å². The van der Waals surface area contributed by atoms with Crippen molar-refractivity contribution < 1.29 is 31.5 Å². The molecule has 1 aromatic heterocycles. The van der Waals surface area contributed by atoms with Crippen molar-refractivity contribution in [1.82, 2.24) is 0 Å². The molecule has 114 valence electrons. The molecule has 0 saturated heterocycles. The first kappa shape index (κ1) is 15.3. The molecule has 8 heteroatoms. The zero-order valence-corrected chi connectivity index (χ0v) is 10.7. The van der Waals surface area contributed by atoms with Gasteiger partial charge in [-0.25, -0.2) is 4.39 Å². The number of rotatable bonds is 4. The number of halogens is 4. The summed E-state index contributed by atoms with van der Waals surface area (Å²) < 4.78 is 58.7. The van der Waals surface area contributed by atoms with Gasteiger partial charge in [0.05, 0.1) is 13.0 Å². The zero-order chi connectivity index (χ0) is 15.6. The third-order valence-corrected chi connectivity index (χ3v) is 2.64. The molecule has 0 aliphatic heterocycles. The Labute approximate surface area is 116 Å². The number of carbonyl (C=O) groups is 1. The first-order valence-electron chi connectivity index (χ1n) is 5.92. The van der Waals surface area contributed by atoms with E-state index in [-0.39, 0.29) is 17.7 Å². The Balaban J connectivity index is 2.21. The molecule has 4 nitrogen and oxygen atoms in total. The molecule has 0 bridgehead atoms. The van der Waals surface area contributed by atoms with Gasteiger partial charge in [0, 0.05) is 10.9 Å². The van der Waals surface area contributed by atoms with Gasteiger partial charge in [-0.15, -0.1) is 0 Å². The molecule has 0 amide bonds. The maximum atomic E-state index is 13.4. The first-order valence-corrected chi connectivity index (χ1v) is 5.92. The number of benzene rings is 1. The van der Waals surface area contributed by atoms with E-state index >= 15 is 0 Å². The summed E-state index contributed by atoms with van der Waals surface area (Å²) >= 11 is 0. The largest absolute Gasteiger partial charge is 0.459 e. The molecule has 0 saturated carbocycles. The van der Waals surface area contributed by atoms with E-state index in [1.165, 1.54) is 12.1 Å². The summed E-state index contributed by atoms with van der Waals surface area (Å²) in [6, 6.07) is 3.70. The van der Waals surface area contributed by atoms with Gasteiger partial charge >= 0.3 is 12.1 Å². The average Bonchev–Trinajstić information content (AvgIpc) is 2.78. The van der Waals surface area contributed by atoms with E-state index in [1.54, 1.807) is 0 Å². The van der Waals surface area contributed by atoms with Crippen molar-refractivity contribution >= 4 is 16.9 Å². The predicted molar refractivity (Wildman–Crippen MR) is 64.8 cm³/mol. The highest BCUT2D eigenvalue weighted by molar-refractivity contribution is 5.85. The molecule has 0 atom stereocenters. The summed E-state index contributed by atoms with van der Waals surface area (Å²) in [5.41, 5.74) is 5.71. The highest BCUT2D eigenvalue weighted by atomic mass is 19.4. The van der Waals surface area contributed by atoms with E-state index in [2.05, 4.69) is 4.74 Å².